The summed E-state index contributed by atoms with van der Waals surface area (Å²) in [6.07, 6.45) is 2.94. The van der Waals surface area contributed by atoms with Gasteiger partial charge in [0.25, 0.3) is 0 Å². The van der Waals surface area contributed by atoms with Gasteiger partial charge in [-0.2, -0.15) is 0 Å². The first kappa shape index (κ1) is 10.8. The van der Waals surface area contributed by atoms with Crippen LogP contribution in [0.3, 0.4) is 0 Å². The highest BCUT2D eigenvalue weighted by Gasteiger charge is 2.68. The van der Waals surface area contributed by atoms with E-state index in [4.69, 9.17) is 9.47 Å². The first-order chi connectivity index (χ1) is 8.08. The Kier molecular flexibility index (Phi) is 2.12. The Labute approximate surface area is 100.0 Å². The number of hydrogen-bond donors (Lipinski definition) is 0. The van der Waals surface area contributed by atoms with E-state index in [-0.39, 0.29) is 17.8 Å². The number of esters is 2. The van der Waals surface area contributed by atoms with Crippen molar-refractivity contribution in [3.05, 3.63) is 12.7 Å². The van der Waals surface area contributed by atoms with Crippen molar-refractivity contribution in [3.63, 3.8) is 0 Å². The molecule has 5 unspecified atom stereocenters. The number of fused-ring (bicyclic) bond motifs is 5. The van der Waals surface area contributed by atoms with Gasteiger partial charge in [0.2, 0.25) is 0 Å². The minimum absolute atomic E-state index is 0.0487. The maximum atomic E-state index is 11.7. The molecule has 3 rings (SSSR count). The van der Waals surface area contributed by atoms with Gasteiger partial charge in [0.15, 0.2) is 0 Å². The van der Waals surface area contributed by atoms with Gasteiger partial charge >= 0.3 is 11.9 Å². The predicted octanol–water partition coefficient (Wildman–Crippen LogP) is 1.30. The predicted molar refractivity (Wildman–Crippen MR) is 58.8 cm³/mol. The number of carbonyl (C=O) groups is 2. The van der Waals surface area contributed by atoms with Crippen LogP contribution in [-0.2, 0) is 19.1 Å². The summed E-state index contributed by atoms with van der Waals surface area (Å²) >= 11 is 0. The Morgan fingerprint density at radius 2 is 2.41 bits per heavy atom. The van der Waals surface area contributed by atoms with Gasteiger partial charge in [-0.05, 0) is 24.7 Å². The SMILES string of the molecule is C=CC(=O)OC12CC(CC1C)C1C(=O)OCC12. The van der Waals surface area contributed by atoms with E-state index in [2.05, 4.69) is 13.5 Å². The lowest BCUT2D eigenvalue weighted by atomic mass is 9.73. The third kappa shape index (κ3) is 1.24. The van der Waals surface area contributed by atoms with Crippen molar-refractivity contribution in [2.75, 3.05) is 6.61 Å². The smallest absolute Gasteiger partial charge is 0.330 e. The number of rotatable bonds is 2. The normalized spacial score (nSPS) is 46.5. The van der Waals surface area contributed by atoms with Gasteiger partial charge in [-0.1, -0.05) is 13.5 Å². The summed E-state index contributed by atoms with van der Waals surface area (Å²) in [5.74, 6) is 0.118. The second kappa shape index (κ2) is 3.34. The Morgan fingerprint density at radius 1 is 1.65 bits per heavy atom. The molecule has 1 saturated heterocycles. The van der Waals surface area contributed by atoms with Crippen LogP contribution in [0.1, 0.15) is 19.8 Å². The second-order valence-electron chi connectivity index (χ2n) is 5.44. The molecule has 2 bridgehead atoms. The molecule has 2 aliphatic carbocycles. The zero-order valence-corrected chi connectivity index (χ0v) is 9.85. The van der Waals surface area contributed by atoms with Gasteiger partial charge in [-0.15, -0.1) is 0 Å². The lowest BCUT2D eigenvalue weighted by Crippen LogP contribution is -2.46. The molecule has 0 aromatic carbocycles. The highest BCUT2D eigenvalue weighted by atomic mass is 16.6. The van der Waals surface area contributed by atoms with Crippen LogP contribution in [-0.4, -0.2) is 24.1 Å². The first-order valence-corrected chi connectivity index (χ1v) is 6.10. The molecule has 1 heterocycles. The molecule has 0 aromatic heterocycles. The first-order valence-electron chi connectivity index (χ1n) is 6.10. The monoisotopic (exact) mass is 236 g/mol. The van der Waals surface area contributed by atoms with E-state index in [0.29, 0.717) is 18.4 Å². The van der Waals surface area contributed by atoms with Crippen LogP contribution in [0.4, 0.5) is 0 Å². The molecule has 5 atom stereocenters. The topological polar surface area (TPSA) is 52.6 Å². The van der Waals surface area contributed by atoms with Crippen LogP contribution in [0.15, 0.2) is 12.7 Å². The summed E-state index contributed by atoms with van der Waals surface area (Å²) in [7, 11) is 0. The third-order valence-electron chi connectivity index (χ3n) is 4.78. The van der Waals surface area contributed by atoms with Gasteiger partial charge in [0.05, 0.1) is 12.5 Å². The van der Waals surface area contributed by atoms with Crippen molar-refractivity contribution >= 4 is 11.9 Å². The molecule has 0 N–H and O–H groups in total. The van der Waals surface area contributed by atoms with Crippen molar-refractivity contribution in [2.24, 2.45) is 23.7 Å². The molecule has 0 radical (unpaired) electrons. The fourth-order valence-electron chi connectivity index (χ4n) is 4.09. The lowest BCUT2D eigenvalue weighted by molar-refractivity contribution is -0.164. The number of ether oxygens (including phenoxy) is 2. The minimum atomic E-state index is -0.493. The van der Waals surface area contributed by atoms with Crippen LogP contribution in [0.5, 0.6) is 0 Å². The summed E-state index contributed by atoms with van der Waals surface area (Å²) < 4.78 is 10.8. The summed E-state index contributed by atoms with van der Waals surface area (Å²) in [6, 6.07) is 0. The second-order valence-corrected chi connectivity index (χ2v) is 5.44. The third-order valence-corrected chi connectivity index (χ3v) is 4.78. The molecule has 1 aliphatic heterocycles. The van der Waals surface area contributed by atoms with Gasteiger partial charge in [-0.3, -0.25) is 4.79 Å². The van der Waals surface area contributed by atoms with E-state index in [1.165, 1.54) is 6.08 Å². The Morgan fingerprint density at radius 3 is 3.12 bits per heavy atom. The average Bonchev–Trinajstić information content (AvgIpc) is 2.90. The van der Waals surface area contributed by atoms with Crippen molar-refractivity contribution in [1.82, 2.24) is 0 Å². The maximum Gasteiger partial charge on any atom is 0.330 e. The van der Waals surface area contributed by atoms with Crippen LogP contribution in [0, 0.1) is 23.7 Å². The highest BCUT2D eigenvalue weighted by molar-refractivity contribution is 5.82. The van der Waals surface area contributed by atoms with E-state index in [9.17, 15) is 9.59 Å². The lowest BCUT2D eigenvalue weighted by Gasteiger charge is -2.37. The van der Waals surface area contributed by atoms with E-state index in [1.807, 2.05) is 0 Å². The van der Waals surface area contributed by atoms with E-state index < -0.39 is 11.6 Å². The molecule has 3 fully saturated rings. The van der Waals surface area contributed by atoms with Crippen molar-refractivity contribution in [1.29, 1.82) is 0 Å². The van der Waals surface area contributed by atoms with Crippen molar-refractivity contribution < 1.29 is 19.1 Å². The molecular formula is C13H16O4. The Hall–Kier alpha value is -1.32. The number of carbonyl (C=O) groups excluding carboxylic acids is 2. The summed E-state index contributed by atoms with van der Waals surface area (Å²) in [5, 5.41) is 0. The van der Waals surface area contributed by atoms with Gasteiger partial charge < -0.3 is 9.47 Å². The molecular weight excluding hydrogens is 220 g/mol. The quantitative estimate of drug-likeness (QED) is 0.535. The van der Waals surface area contributed by atoms with Gasteiger partial charge in [0.1, 0.15) is 5.60 Å². The van der Waals surface area contributed by atoms with Crippen molar-refractivity contribution in [3.8, 4) is 0 Å². The van der Waals surface area contributed by atoms with Gasteiger partial charge in [0, 0.05) is 12.0 Å². The van der Waals surface area contributed by atoms with Crippen LogP contribution in [0.2, 0.25) is 0 Å². The van der Waals surface area contributed by atoms with E-state index in [1.54, 1.807) is 0 Å². The van der Waals surface area contributed by atoms with Gasteiger partial charge in [-0.25, -0.2) is 4.79 Å². The van der Waals surface area contributed by atoms with Crippen LogP contribution >= 0.6 is 0 Å². The summed E-state index contributed by atoms with van der Waals surface area (Å²) in [4.78, 5) is 23.2. The summed E-state index contributed by atoms with van der Waals surface area (Å²) in [6.45, 7) is 5.92. The highest BCUT2D eigenvalue weighted by Crippen LogP contribution is 2.61. The fourth-order valence-corrected chi connectivity index (χ4v) is 4.09. The zero-order valence-electron chi connectivity index (χ0n) is 9.85. The Bertz CT molecular complexity index is 402. The zero-order chi connectivity index (χ0) is 12.2. The number of hydrogen-bond acceptors (Lipinski definition) is 4. The average molecular weight is 236 g/mol. The van der Waals surface area contributed by atoms with Crippen LogP contribution < -0.4 is 0 Å². The van der Waals surface area contributed by atoms with E-state index in [0.717, 1.165) is 12.8 Å². The molecule has 2 saturated carbocycles. The number of cyclic esters (lactones) is 1. The largest absolute Gasteiger partial charge is 0.465 e. The maximum absolute atomic E-state index is 11.7. The standard InChI is InChI=1S/C13H16O4/c1-3-10(14)17-13-5-8(4-7(13)2)11-9(13)6-16-12(11)15/h3,7-9,11H,1,4-6H2,2H3. The molecule has 17 heavy (non-hydrogen) atoms. The molecule has 4 heteroatoms. The van der Waals surface area contributed by atoms with Crippen LogP contribution in [0.25, 0.3) is 0 Å². The van der Waals surface area contributed by atoms with Crippen molar-refractivity contribution in [2.45, 2.75) is 25.4 Å². The minimum Gasteiger partial charge on any atom is -0.465 e. The van der Waals surface area contributed by atoms with E-state index >= 15 is 0 Å². The molecule has 3 aliphatic rings. The Balaban J connectivity index is 1.94. The summed E-state index contributed by atoms with van der Waals surface area (Å²) in [5.41, 5.74) is -0.493. The molecule has 0 spiro atoms. The fraction of sp³-hybridized carbons (Fsp3) is 0.692. The molecule has 0 amide bonds. The molecule has 92 valence electrons. The molecule has 4 nitrogen and oxygen atoms in total. The molecule has 0 aromatic rings.